The van der Waals surface area contributed by atoms with Crippen LogP contribution in [-0.2, 0) is 14.3 Å². The summed E-state index contributed by atoms with van der Waals surface area (Å²) < 4.78 is 11.4. The molecule has 2 aliphatic rings. The summed E-state index contributed by atoms with van der Waals surface area (Å²) >= 11 is 0. The van der Waals surface area contributed by atoms with Gasteiger partial charge in [-0.2, -0.15) is 0 Å². The average molecular weight is 391 g/mol. The third-order valence-electron chi connectivity index (χ3n) is 5.60. The van der Waals surface area contributed by atoms with Gasteiger partial charge < -0.3 is 14.8 Å². The third kappa shape index (κ3) is 4.19. The summed E-state index contributed by atoms with van der Waals surface area (Å²) in [6, 6.07) is 16.4. The van der Waals surface area contributed by atoms with E-state index >= 15 is 0 Å². The smallest absolute Gasteiger partial charge is 0.310 e. The minimum Gasteiger partial charge on any atom is -0.492 e. The van der Waals surface area contributed by atoms with Gasteiger partial charge in [0.05, 0.1) is 18.2 Å². The Kier molecular flexibility index (Phi) is 5.65. The van der Waals surface area contributed by atoms with Gasteiger partial charge in [0.1, 0.15) is 5.75 Å². The average Bonchev–Trinajstić information content (AvgIpc) is 3.38. The molecule has 0 heterocycles. The van der Waals surface area contributed by atoms with Gasteiger partial charge in [0.25, 0.3) is 5.91 Å². The zero-order chi connectivity index (χ0) is 20.2. The maximum Gasteiger partial charge on any atom is 0.310 e. The second kappa shape index (κ2) is 8.52. The third-order valence-corrected chi connectivity index (χ3v) is 5.60. The molecule has 0 spiro atoms. The zero-order valence-corrected chi connectivity index (χ0v) is 16.4. The van der Waals surface area contributed by atoms with Crippen LogP contribution < -0.4 is 10.1 Å². The SMILES string of the molecule is CCOc1ccccc1NC(=O)C(OC(=O)C1CC2C=CC1C2)c1ccccc1. The van der Waals surface area contributed by atoms with Crippen LogP contribution in [0.25, 0.3) is 0 Å². The standard InChI is InChI=1S/C24H25NO4/c1-2-28-21-11-7-6-10-20(21)25-23(26)22(17-8-4-3-5-9-17)29-24(27)19-15-16-12-13-18(19)14-16/h3-13,16,18-19,22H,2,14-15H2,1H3,(H,25,26). The molecule has 150 valence electrons. The van der Waals surface area contributed by atoms with Crippen molar-refractivity contribution in [2.45, 2.75) is 25.9 Å². The minimum absolute atomic E-state index is 0.167. The van der Waals surface area contributed by atoms with Crippen LogP contribution in [0.5, 0.6) is 5.75 Å². The summed E-state index contributed by atoms with van der Waals surface area (Å²) in [5.41, 5.74) is 1.20. The molecule has 4 atom stereocenters. The molecule has 4 unspecified atom stereocenters. The first-order valence-corrected chi connectivity index (χ1v) is 10.1. The lowest BCUT2D eigenvalue weighted by Gasteiger charge is -2.23. The largest absolute Gasteiger partial charge is 0.492 e. The van der Waals surface area contributed by atoms with E-state index in [1.165, 1.54) is 0 Å². The van der Waals surface area contributed by atoms with E-state index < -0.39 is 12.0 Å². The van der Waals surface area contributed by atoms with E-state index in [-0.39, 0.29) is 17.8 Å². The number of rotatable bonds is 7. The molecule has 2 aromatic rings. The van der Waals surface area contributed by atoms with Crippen LogP contribution in [0.15, 0.2) is 66.7 Å². The number of benzene rings is 2. The quantitative estimate of drug-likeness (QED) is 0.557. The maximum absolute atomic E-state index is 13.1. The highest BCUT2D eigenvalue weighted by Gasteiger charge is 2.42. The van der Waals surface area contributed by atoms with Gasteiger partial charge in [-0.25, -0.2) is 0 Å². The number of nitrogens with one attached hydrogen (secondary N) is 1. The number of fused-ring (bicyclic) bond motifs is 2. The molecule has 1 amide bonds. The first kappa shape index (κ1) is 19.2. The van der Waals surface area contributed by atoms with Crippen LogP contribution in [0.2, 0.25) is 0 Å². The number of ether oxygens (including phenoxy) is 2. The zero-order valence-electron chi connectivity index (χ0n) is 16.4. The van der Waals surface area contributed by atoms with Gasteiger partial charge >= 0.3 is 5.97 Å². The van der Waals surface area contributed by atoms with E-state index in [4.69, 9.17) is 9.47 Å². The fourth-order valence-corrected chi connectivity index (χ4v) is 4.21. The summed E-state index contributed by atoms with van der Waals surface area (Å²) in [6.45, 7) is 2.37. The van der Waals surface area contributed by atoms with Gasteiger partial charge in [-0.1, -0.05) is 54.6 Å². The number of hydrogen-bond donors (Lipinski definition) is 1. The number of esters is 1. The molecule has 5 heteroatoms. The van der Waals surface area contributed by atoms with Crippen LogP contribution in [0.4, 0.5) is 5.69 Å². The van der Waals surface area contributed by atoms with Gasteiger partial charge in [-0.3, -0.25) is 9.59 Å². The molecule has 4 rings (SSSR count). The lowest BCUT2D eigenvalue weighted by molar-refractivity contribution is -0.159. The molecule has 1 N–H and O–H groups in total. The van der Waals surface area contributed by atoms with Crippen LogP contribution >= 0.6 is 0 Å². The minimum atomic E-state index is -1.01. The van der Waals surface area contributed by atoms with Gasteiger partial charge in [-0.15, -0.1) is 0 Å². The first-order chi connectivity index (χ1) is 14.2. The predicted molar refractivity (Wildman–Crippen MR) is 110 cm³/mol. The molecule has 1 fully saturated rings. The number of anilines is 1. The van der Waals surface area contributed by atoms with Crippen molar-refractivity contribution in [2.75, 3.05) is 11.9 Å². The molecular formula is C24H25NO4. The van der Waals surface area contributed by atoms with Crippen molar-refractivity contribution in [1.29, 1.82) is 0 Å². The second-order valence-electron chi connectivity index (χ2n) is 7.53. The van der Waals surface area contributed by atoms with Crippen LogP contribution in [0, 0.1) is 17.8 Å². The molecule has 2 aliphatic carbocycles. The summed E-state index contributed by atoms with van der Waals surface area (Å²) in [7, 11) is 0. The van der Waals surface area contributed by atoms with E-state index in [1.54, 1.807) is 24.3 Å². The molecule has 2 bridgehead atoms. The number of hydrogen-bond acceptors (Lipinski definition) is 4. The van der Waals surface area contributed by atoms with E-state index in [1.807, 2.05) is 37.3 Å². The number of carbonyl (C=O) groups is 2. The fraction of sp³-hybridized carbons (Fsp3) is 0.333. The lowest BCUT2D eigenvalue weighted by Crippen LogP contribution is -2.30. The Bertz CT molecular complexity index is 908. The highest BCUT2D eigenvalue weighted by Crippen LogP contribution is 2.44. The van der Waals surface area contributed by atoms with Gasteiger partial charge in [-0.05, 0) is 43.7 Å². The van der Waals surface area contributed by atoms with Gasteiger partial charge in [0.2, 0.25) is 6.10 Å². The molecule has 0 aliphatic heterocycles. The maximum atomic E-state index is 13.1. The Morgan fingerprint density at radius 2 is 1.79 bits per heavy atom. The topological polar surface area (TPSA) is 64.6 Å². The summed E-state index contributed by atoms with van der Waals surface area (Å²) in [5.74, 6) is 0.407. The Morgan fingerprint density at radius 1 is 1.03 bits per heavy atom. The van der Waals surface area contributed by atoms with Crippen molar-refractivity contribution in [1.82, 2.24) is 0 Å². The molecule has 0 radical (unpaired) electrons. The number of allylic oxidation sites excluding steroid dienone is 2. The van der Waals surface area contributed by atoms with Crippen molar-refractivity contribution < 1.29 is 19.1 Å². The molecule has 1 saturated carbocycles. The fourth-order valence-electron chi connectivity index (χ4n) is 4.21. The van der Waals surface area contributed by atoms with Crippen molar-refractivity contribution in [3.05, 3.63) is 72.3 Å². The molecule has 29 heavy (non-hydrogen) atoms. The molecule has 2 aromatic carbocycles. The molecular weight excluding hydrogens is 366 g/mol. The molecule has 0 aromatic heterocycles. The normalized spacial score (nSPS) is 22.9. The first-order valence-electron chi connectivity index (χ1n) is 10.1. The van der Waals surface area contributed by atoms with E-state index in [0.717, 1.165) is 12.8 Å². The number of carbonyl (C=O) groups excluding carboxylic acids is 2. The Labute approximate surface area is 170 Å². The summed E-state index contributed by atoms with van der Waals surface area (Å²) in [5, 5.41) is 2.87. The van der Waals surface area contributed by atoms with Crippen LogP contribution in [0.3, 0.4) is 0 Å². The monoisotopic (exact) mass is 391 g/mol. The van der Waals surface area contributed by atoms with Crippen molar-refractivity contribution in [3.8, 4) is 5.75 Å². The Balaban J connectivity index is 1.54. The Hall–Kier alpha value is -3.08. The van der Waals surface area contributed by atoms with Crippen molar-refractivity contribution in [3.63, 3.8) is 0 Å². The van der Waals surface area contributed by atoms with Crippen LogP contribution in [-0.4, -0.2) is 18.5 Å². The predicted octanol–water partition coefficient (Wildman–Crippen LogP) is 4.52. The number of amides is 1. The molecule has 5 nitrogen and oxygen atoms in total. The molecule has 0 saturated heterocycles. The van der Waals surface area contributed by atoms with Crippen molar-refractivity contribution in [2.24, 2.45) is 17.8 Å². The van der Waals surface area contributed by atoms with E-state index in [0.29, 0.717) is 29.5 Å². The van der Waals surface area contributed by atoms with E-state index in [2.05, 4.69) is 17.5 Å². The van der Waals surface area contributed by atoms with Crippen molar-refractivity contribution >= 4 is 17.6 Å². The Morgan fingerprint density at radius 3 is 2.48 bits per heavy atom. The van der Waals surface area contributed by atoms with Gasteiger partial charge in [0, 0.05) is 5.56 Å². The lowest BCUT2D eigenvalue weighted by atomic mass is 9.93. The van der Waals surface area contributed by atoms with Crippen LogP contribution in [0.1, 0.15) is 31.4 Å². The summed E-state index contributed by atoms with van der Waals surface area (Å²) in [6.07, 6.45) is 5.08. The highest BCUT2D eigenvalue weighted by molar-refractivity contribution is 5.97. The summed E-state index contributed by atoms with van der Waals surface area (Å²) in [4.78, 5) is 26.0. The number of para-hydroxylation sites is 2. The second-order valence-corrected chi connectivity index (χ2v) is 7.53. The highest BCUT2D eigenvalue weighted by atomic mass is 16.5. The van der Waals surface area contributed by atoms with Gasteiger partial charge in [0.15, 0.2) is 0 Å². The van der Waals surface area contributed by atoms with E-state index in [9.17, 15) is 9.59 Å².